The first-order chi connectivity index (χ1) is 14.8. The number of rotatable bonds is 6. The summed E-state index contributed by atoms with van der Waals surface area (Å²) in [7, 11) is 1.19. The van der Waals surface area contributed by atoms with E-state index in [0.717, 1.165) is 5.56 Å². The molecule has 1 aromatic rings. The lowest BCUT2D eigenvalue weighted by Crippen LogP contribution is -2.35. The van der Waals surface area contributed by atoms with E-state index in [9.17, 15) is 24.6 Å². The van der Waals surface area contributed by atoms with E-state index in [1.54, 1.807) is 25.1 Å². The number of esters is 2. The van der Waals surface area contributed by atoms with E-state index in [4.69, 9.17) is 9.47 Å². The summed E-state index contributed by atoms with van der Waals surface area (Å²) in [5, 5.41) is 21.2. The third-order valence-corrected chi connectivity index (χ3v) is 5.45. The van der Waals surface area contributed by atoms with Gasteiger partial charge in [0, 0.05) is 18.8 Å². The molecule has 7 nitrogen and oxygen atoms in total. The van der Waals surface area contributed by atoms with Gasteiger partial charge in [-0.2, -0.15) is 0 Å². The van der Waals surface area contributed by atoms with Gasteiger partial charge in [0.1, 0.15) is 12.7 Å². The molecule has 0 bridgehead atoms. The molecule has 0 heterocycles. The molecule has 0 fully saturated rings. The molecule has 3 atom stereocenters. The van der Waals surface area contributed by atoms with Gasteiger partial charge in [-0.1, -0.05) is 49.8 Å². The number of aliphatic hydroxyl groups excluding tert-OH is 2. The highest BCUT2D eigenvalue weighted by molar-refractivity contribution is 6.02. The number of benzene rings is 1. The molecule has 7 heteroatoms. The number of hydrogen-bond donors (Lipinski definition) is 2. The zero-order valence-corrected chi connectivity index (χ0v) is 18.2. The largest absolute Gasteiger partial charge is 0.466 e. The van der Waals surface area contributed by atoms with Gasteiger partial charge in [-0.25, -0.2) is 9.59 Å². The van der Waals surface area contributed by atoms with Crippen molar-refractivity contribution in [3.8, 4) is 0 Å². The summed E-state index contributed by atoms with van der Waals surface area (Å²) in [6.45, 7) is 3.49. The van der Waals surface area contributed by atoms with Crippen LogP contribution in [0.1, 0.15) is 45.1 Å². The normalized spacial score (nSPS) is 26.0. The summed E-state index contributed by atoms with van der Waals surface area (Å²) < 4.78 is 10.4. The highest BCUT2D eigenvalue weighted by Gasteiger charge is 2.39. The lowest BCUT2D eigenvalue weighted by molar-refractivity contribution is -0.144. The van der Waals surface area contributed by atoms with E-state index in [2.05, 4.69) is 0 Å². The van der Waals surface area contributed by atoms with Crippen LogP contribution in [0.15, 0.2) is 53.1 Å². The number of ether oxygens (including phenoxy) is 2. The van der Waals surface area contributed by atoms with Gasteiger partial charge in [0.15, 0.2) is 5.78 Å². The lowest BCUT2D eigenvalue weighted by atomic mass is 9.83. The van der Waals surface area contributed by atoms with Crippen molar-refractivity contribution in [2.75, 3.05) is 7.11 Å². The first-order valence-electron chi connectivity index (χ1n) is 10.4. The highest BCUT2D eigenvalue weighted by Crippen LogP contribution is 2.33. The van der Waals surface area contributed by atoms with Crippen LogP contribution in [0.5, 0.6) is 0 Å². The van der Waals surface area contributed by atoms with Crippen molar-refractivity contribution in [3.63, 3.8) is 0 Å². The summed E-state index contributed by atoms with van der Waals surface area (Å²) in [5.74, 6) is -3.09. The van der Waals surface area contributed by atoms with Crippen molar-refractivity contribution in [2.24, 2.45) is 5.92 Å². The van der Waals surface area contributed by atoms with Gasteiger partial charge < -0.3 is 19.7 Å². The third-order valence-electron chi connectivity index (χ3n) is 5.45. The minimum absolute atomic E-state index is 0.0140. The summed E-state index contributed by atoms with van der Waals surface area (Å²) in [6, 6.07) is 9.05. The second-order valence-corrected chi connectivity index (χ2v) is 7.51. The Labute approximate surface area is 182 Å². The topological polar surface area (TPSA) is 110 Å². The molecule has 1 aliphatic carbocycles. The maximum atomic E-state index is 13.2. The Bertz CT molecular complexity index is 854. The van der Waals surface area contributed by atoms with Gasteiger partial charge in [0.05, 0.1) is 24.4 Å². The lowest BCUT2D eigenvalue weighted by Gasteiger charge is -2.25. The van der Waals surface area contributed by atoms with E-state index < -0.39 is 35.8 Å². The Morgan fingerprint density at radius 1 is 1.16 bits per heavy atom. The number of hydrogen-bond acceptors (Lipinski definition) is 7. The number of allylic oxidation sites excluding steroid dienone is 1. The second kappa shape index (κ2) is 11.6. The molecule has 0 unspecified atom stereocenters. The second-order valence-electron chi connectivity index (χ2n) is 7.51. The molecule has 1 aliphatic rings. The van der Waals surface area contributed by atoms with Crippen LogP contribution in [0.3, 0.4) is 0 Å². The quantitative estimate of drug-likeness (QED) is 0.527. The average Bonchev–Trinajstić information content (AvgIpc) is 2.81. The fourth-order valence-electron chi connectivity index (χ4n) is 3.75. The molecule has 0 saturated carbocycles. The molecule has 0 spiro atoms. The zero-order chi connectivity index (χ0) is 23.0. The Balaban J connectivity index is 2.58. The van der Waals surface area contributed by atoms with E-state index in [-0.39, 0.29) is 37.0 Å². The molecule has 2 rings (SSSR count). The number of methoxy groups -OCH3 is 1. The van der Waals surface area contributed by atoms with Crippen molar-refractivity contribution < 1.29 is 34.1 Å². The Kier molecular flexibility index (Phi) is 9.15. The van der Waals surface area contributed by atoms with Gasteiger partial charge >= 0.3 is 11.9 Å². The van der Waals surface area contributed by atoms with Crippen LogP contribution < -0.4 is 0 Å². The van der Waals surface area contributed by atoms with Crippen LogP contribution in [0.4, 0.5) is 0 Å². The van der Waals surface area contributed by atoms with Crippen LogP contribution >= 0.6 is 0 Å². The number of Topliss-reactive ketones (excluding diaryl/α,β-unsaturated/α-hetero) is 1. The van der Waals surface area contributed by atoms with E-state index >= 15 is 0 Å². The smallest absolute Gasteiger partial charge is 0.335 e. The summed E-state index contributed by atoms with van der Waals surface area (Å²) in [5.41, 5.74) is 1.07. The van der Waals surface area contributed by atoms with Crippen molar-refractivity contribution in [1.82, 2.24) is 0 Å². The Morgan fingerprint density at radius 2 is 1.84 bits per heavy atom. The average molecular weight is 430 g/mol. The molecule has 0 radical (unpaired) electrons. The number of aliphatic hydroxyl groups is 2. The first-order valence-corrected chi connectivity index (χ1v) is 10.4. The summed E-state index contributed by atoms with van der Waals surface area (Å²) >= 11 is 0. The fraction of sp³-hybridized carbons (Fsp3) is 0.458. The van der Waals surface area contributed by atoms with Gasteiger partial charge in [-0.05, 0) is 24.5 Å². The van der Waals surface area contributed by atoms with Crippen molar-refractivity contribution in [1.29, 1.82) is 0 Å². The van der Waals surface area contributed by atoms with E-state index in [1.807, 2.05) is 25.1 Å². The van der Waals surface area contributed by atoms with Crippen LogP contribution in [0, 0.1) is 5.92 Å². The van der Waals surface area contributed by atoms with Crippen LogP contribution in [-0.4, -0.2) is 47.3 Å². The molecule has 0 aliphatic heterocycles. The van der Waals surface area contributed by atoms with Crippen LogP contribution in [0.2, 0.25) is 0 Å². The van der Waals surface area contributed by atoms with Gasteiger partial charge in [-0.3, -0.25) is 4.79 Å². The Hall–Kier alpha value is -2.77. The highest BCUT2D eigenvalue weighted by atomic mass is 16.5. The van der Waals surface area contributed by atoms with Crippen LogP contribution in [-0.2, 0) is 30.5 Å². The van der Waals surface area contributed by atoms with E-state index in [0.29, 0.717) is 12.0 Å². The molecular formula is C24H30O7. The maximum Gasteiger partial charge on any atom is 0.335 e. The maximum absolute atomic E-state index is 13.2. The Morgan fingerprint density at radius 3 is 2.42 bits per heavy atom. The predicted octanol–water partition coefficient (Wildman–Crippen LogP) is 2.65. The molecule has 168 valence electrons. The van der Waals surface area contributed by atoms with Crippen molar-refractivity contribution in [3.05, 3.63) is 58.7 Å². The third kappa shape index (κ3) is 6.12. The summed E-state index contributed by atoms with van der Waals surface area (Å²) in [4.78, 5) is 38.5. The fourth-order valence-corrected chi connectivity index (χ4v) is 3.75. The molecule has 0 amide bonds. The standard InChI is InChI=1S/C24H30O7/c1-4-9-17-21(24(29)31-14-15-10-7-6-8-11-15)18(23(28)30-3)12-16(5-2)19(25)13-20(26)22(17)27/h5-8,10-11,17,19,22,25,27H,4,9,12-14H2,1-3H3/b16-5-,21-18-/t17-,19-,22-/m0/s1. The van der Waals surface area contributed by atoms with E-state index in [1.165, 1.54) is 7.11 Å². The summed E-state index contributed by atoms with van der Waals surface area (Å²) in [6.07, 6.45) is -0.677. The minimum atomic E-state index is -1.55. The molecule has 0 aromatic heterocycles. The van der Waals surface area contributed by atoms with Crippen molar-refractivity contribution >= 4 is 17.7 Å². The zero-order valence-electron chi connectivity index (χ0n) is 18.2. The number of carbonyl (C=O) groups is 3. The van der Waals surface area contributed by atoms with Crippen molar-refractivity contribution in [2.45, 2.75) is 58.3 Å². The first kappa shape index (κ1) is 24.5. The molecule has 31 heavy (non-hydrogen) atoms. The predicted molar refractivity (Wildman–Crippen MR) is 114 cm³/mol. The molecular weight excluding hydrogens is 400 g/mol. The number of carbonyl (C=O) groups excluding carboxylic acids is 3. The van der Waals surface area contributed by atoms with Gasteiger partial charge in [0.2, 0.25) is 0 Å². The molecule has 0 saturated heterocycles. The van der Waals surface area contributed by atoms with Crippen LogP contribution in [0.25, 0.3) is 0 Å². The molecule has 1 aromatic carbocycles. The van der Waals surface area contributed by atoms with Gasteiger partial charge in [0.25, 0.3) is 0 Å². The monoisotopic (exact) mass is 430 g/mol. The SMILES string of the molecule is C/C=C1/C/C(C(=O)OC)=C(/C(=O)OCc2ccccc2)[C@H](CCC)[C@H](O)C(=O)C[C@@H]1O. The molecule has 2 N–H and O–H groups in total. The van der Waals surface area contributed by atoms with Gasteiger partial charge in [-0.15, -0.1) is 0 Å². The minimum Gasteiger partial charge on any atom is -0.466 e. The number of ketones is 1.